The lowest BCUT2D eigenvalue weighted by Crippen LogP contribution is -2.52. The molecule has 16 heavy (non-hydrogen) atoms. The highest BCUT2D eigenvalue weighted by Crippen LogP contribution is 2.34. The van der Waals surface area contributed by atoms with Gasteiger partial charge in [0.15, 0.2) is 0 Å². The van der Waals surface area contributed by atoms with E-state index >= 15 is 0 Å². The number of fused-ring (bicyclic) bond motifs is 1. The fourth-order valence-electron chi connectivity index (χ4n) is 1.94. The highest BCUT2D eigenvalue weighted by molar-refractivity contribution is 5.87. The maximum atomic E-state index is 14.2. The molecule has 1 aliphatic heterocycles. The second-order valence-electron chi connectivity index (χ2n) is 3.87. The number of carbonyl (C=O) groups is 1. The van der Waals surface area contributed by atoms with E-state index in [4.69, 9.17) is 0 Å². The van der Waals surface area contributed by atoms with Gasteiger partial charge in [-0.1, -0.05) is 22.7 Å². The van der Waals surface area contributed by atoms with Crippen LogP contribution in [0.3, 0.4) is 0 Å². The van der Waals surface area contributed by atoms with E-state index < -0.39 is 18.1 Å². The monoisotopic (exact) mass is 226 g/mol. The number of carbonyl (C=O) groups excluding carboxylic acids is 1. The van der Waals surface area contributed by atoms with Gasteiger partial charge in [-0.05, 0) is 11.6 Å². The molecule has 0 spiro atoms. The molecular formula is C11H12F2N2O. The Kier molecular flexibility index (Phi) is 2.53. The topological polar surface area (TPSA) is 32.3 Å². The fraction of sp³-hybridized carbons (Fsp3) is 0.364. The van der Waals surface area contributed by atoms with Crippen LogP contribution in [0.1, 0.15) is 5.56 Å². The Labute approximate surface area is 92.0 Å². The van der Waals surface area contributed by atoms with Crippen LogP contribution in [-0.4, -0.2) is 25.2 Å². The van der Waals surface area contributed by atoms with Crippen LogP contribution in [0.15, 0.2) is 24.3 Å². The molecule has 0 aliphatic carbocycles. The number of benzene rings is 1. The Morgan fingerprint density at radius 2 is 2.19 bits per heavy atom. The van der Waals surface area contributed by atoms with Crippen molar-refractivity contribution in [2.75, 3.05) is 18.7 Å². The van der Waals surface area contributed by atoms with E-state index in [0.717, 1.165) is 0 Å². The maximum Gasteiger partial charge on any atom is 0.259 e. The quantitative estimate of drug-likeness (QED) is 0.734. The number of nitrogens with zero attached hydrogens (tertiary/aromatic N) is 1. The zero-order chi connectivity index (χ0) is 11.8. The molecule has 1 amide bonds. The molecule has 1 aromatic carbocycles. The lowest BCUT2D eigenvalue weighted by atomic mass is 9.90. The Morgan fingerprint density at radius 1 is 1.50 bits per heavy atom. The molecule has 1 aliphatic rings. The van der Waals surface area contributed by atoms with E-state index in [2.05, 4.69) is 5.32 Å². The van der Waals surface area contributed by atoms with E-state index in [1.165, 1.54) is 7.05 Å². The predicted octanol–water partition coefficient (Wildman–Crippen LogP) is 1.39. The number of anilines is 1. The average Bonchev–Trinajstić information content (AvgIpc) is 2.27. The van der Waals surface area contributed by atoms with Crippen molar-refractivity contribution in [2.45, 2.75) is 12.1 Å². The lowest BCUT2D eigenvalue weighted by Gasteiger charge is -2.33. The molecule has 1 atom stereocenters. The second kappa shape index (κ2) is 3.73. The molecule has 3 nitrogen and oxygen atoms in total. The van der Waals surface area contributed by atoms with Crippen molar-refractivity contribution in [1.82, 2.24) is 5.32 Å². The van der Waals surface area contributed by atoms with Gasteiger partial charge in [0.25, 0.3) is 5.91 Å². The summed E-state index contributed by atoms with van der Waals surface area (Å²) in [5, 5.41) is 2.51. The molecule has 1 aromatic rings. The molecule has 1 heterocycles. The van der Waals surface area contributed by atoms with Gasteiger partial charge in [0.2, 0.25) is 5.67 Å². The van der Waals surface area contributed by atoms with Crippen LogP contribution in [0.5, 0.6) is 0 Å². The van der Waals surface area contributed by atoms with Crippen LogP contribution in [0.2, 0.25) is 0 Å². The SMILES string of the molecule is CNC(=O)C1(F)Cc2ccccc2N(F)C1. The molecular weight excluding hydrogens is 214 g/mol. The van der Waals surface area contributed by atoms with Crippen molar-refractivity contribution in [2.24, 2.45) is 0 Å². The van der Waals surface area contributed by atoms with Gasteiger partial charge in [0, 0.05) is 13.5 Å². The minimum absolute atomic E-state index is 0.0940. The van der Waals surface area contributed by atoms with Crippen LogP contribution in [0.4, 0.5) is 14.6 Å². The summed E-state index contributed by atoms with van der Waals surface area (Å²) in [4.78, 5) is 11.4. The van der Waals surface area contributed by atoms with Crippen molar-refractivity contribution in [3.8, 4) is 0 Å². The molecule has 86 valence electrons. The number of hydrogen-bond acceptors (Lipinski definition) is 2. The van der Waals surface area contributed by atoms with Gasteiger partial charge in [-0.2, -0.15) is 0 Å². The smallest absolute Gasteiger partial charge is 0.259 e. The molecule has 1 N–H and O–H groups in total. The predicted molar refractivity (Wildman–Crippen MR) is 56.5 cm³/mol. The molecule has 0 radical (unpaired) electrons. The summed E-state index contributed by atoms with van der Waals surface area (Å²) in [7, 11) is 1.34. The number of hydrogen-bond donors (Lipinski definition) is 1. The number of amides is 1. The summed E-state index contributed by atoms with van der Waals surface area (Å²) in [5.74, 6) is -0.787. The van der Waals surface area contributed by atoms with Crippen molar-refractivity contribution in [3.05, 3.63) is 29.8 Å². The first-order chi connectivity index (χ1) is 7.57. The number of rotatable bonds is 1. The van der Waals surface area contributed by atoms with Crippen molar-refractivity contribution < 1.29 is 13.7 Å². The largest absolute Gasteiger partial charge is 0.356 e. The molecule has 0 bridgehead atoms. The average molecular weight is 226 g/mol. The second-order valence-corrected chi connectivity index (χ2v) is 3.87. The first kappa shape index (κ1) is 10.9. The molecule has 0 saturated carbocycles. The standard InChI is InChI=1S/C11H12F2N2O/c1-14-10(16)11(12)6-8-4-2-3-5-9(8)15(13)7-11/h2-5H,6-7H2,1H3,(H,14,16). The van der Waals surface area contributed by atoms with Crippen molar-refractivity contribution in [1.29, 1.82) is 0 Å². The van der Waals surface area contributed by atoms with Gasteiger partial charge in [0.1, 0.15) is 0 Å². The normalized spacial score (nSPS) is 23.8. The van der Waals surface area contributed by atoms with Gasteiger partial charge in [0.05, 0.1) is 12.2 Å². The molecule has 2 rings (SSSR count). The van der Waals surface area contributed by atoms with Crippen LogP contribution in [0.25, 0.3) is 0 Å². The molecule has 5 heteroatoms. The van der Waals surface area contributed by atoms with Gasteiger partial charge >= 0.3 is 0 Å². The summed E-state index contributed by atoms with van der Waals surface area (Å²) < 4.78 is 27.8. The number of para-hydroxylation sites is 1. The molecule has 0 saturated heterocycles. The highest BCUT2D eigenvalue weighted by atomic mass is 19.2. The molecule has 0 aromatic heterocycles. The van der Waals surface area contributed by atoms with Crippen LogP contribution in [-0.2, 0) is 11.2 Å². The first-order valence-electron chi connectivity index (χ1n) is 4.99. The van der Waals surface area contributed by atoms with Gasteiger partial charge in [-0.15, -0.1) is 0 Å². The van der Waals surface area contributed by atoms with E-state index in [1.807, 2.05) is 0 Å². The summed E-state index contributed by atoms with van der Waals surface area (Å²) in [5.41, 5.74) is -1.36. The zero-order valence-corrected chi connectivity index (χ0v) is 8.84. The van der Waals surface area contributed by atoms with Crippen molar-refractivity contribution >= 4 is 11.6 Å². The van der Waals surface area contributed by atoms with E-state index in [0.29, 0.717) is 11.3 Å². The summed E-state index contributed by atoms with van der Waals surface area (Å²) in [6, 6.07) is 6.57. The Balaban J connectivity index is 2.37. The third-order valence-electron chi connectivity index (χ3n) is 2.75. The maximum absolute atomic E-state index is 14.2. The van der Waals surface area contributed by atoms with Gasteiger partial charge in [-0.25, -0.2) is 9.51 Å². The lowest BCUT2D eigenvalue weighted by molar-refractivity contribution is -0.132. The number of alkyl halides is 1. The molecule has 1 unspecified atom stereocenters. The summed E-state index contributed by atoms with van der Waals surface area (Å²) >= 11 is 0. The Bertz CT molecular complexity index is 424. The van der Waals surface area contributed by atoms with Crippen LogP contribution < -0.4 is 10.4 Å². The summed E-state index contributed by atoms with van der Waals surface area (Å²) in [6.45, 7) is -0.566. The Hall–Kier alpha value is -1.65. The van der Waals surface area contributed by atoms with Crippen LogP contribution in [0, 0.1) is 0 Å². The van der Waals surface area contributed by atoms with E-state index in [1.54, 1.807) is 24.3 Å². The zero-order valence-electron chi connectivity index (χ0n) is 8.84. The highest BCUT2D eigenvalue weighted by Gasteiger charge is 2.44. The third-order valence-corrected chi connectivity index (χ3v) is 2.75. The van der Waals surface area contributed by atoms with E-state index in [-0.39, 0.29) is 11.5 Å². The number of halogens is 2. The van der Waals surface area contributed by atoms with Crippen LogP contribution >= 0.6 is 0 Å². The number of nitrogens with one attached hydrogen (secondary N) is 1. The minimum atomic E-state index is -2.20. The van der Waals surface area contributed by atoms with E-state index in [9.17, 15) is 13.7 Å². The Morgan fingerprint density at radius 3 is 2.88 bits per heavy atom. The third kappa shape index (κ3) is 1.62. The minimum Gasteiger partial charge on any atom is -0.356 e. The van der Waals surface area contributed by atoms with Gasteiger partial charge < -0.3 is 5.32 Å². The summed E-state index contributed by atoms with van der Waals surface area (Å²) in [6.07, 6.45) is -0.0940. The first-order valence-corrected chi connectivity index (χ1v) is 4.99. The fourth-order valence-corrected chi connectivity index (χ4v) is 1.94. The molecule has 0 fully saturated rings. The van der Waals surface area contributed by atoms with Crippen molar-refractivity contribution in [3.63, 3.8) is 0 Å². The van der Waals surface area contributed by atoms with Gasteiger partial charge in [-0.3, -0.25) is 4.79 Å².